The predicted octanol–water partition coefficient (Wildman–Crippen LogP) is 4.90. The zero-order chi connectivity index (χ0) is 21.8. The number of aliphatic carboxylic acids is 1. The summed E-state index contributed by atoms with van der Waals surface area (Å²) in [6.45, 7) is 6.15. The van der Waals surface area contributed by atoms with Crippen molar-refractivity contribution in [2.24, 2.45) is 5.92 Å². The normalized spacial score (nSPS) is 15.1. The van der Waals surface area contributed by atoms with Gasteiger partial charge >= 0.3 is 5.97 Å². The lowest BCUT2D eigenvalue weighted by molar-refractivity contribution is -0.147. The number of aromatic nitrogens is 2. The first kappa shape index (κ1) is 21.0. The molecule has 1 aliphatic heterocycles. The number of carbonyl (C=O) groups is 1. The van der Waals surface area contributed by atoms with E-state index >= 15 is 0 Å². The first-order chi connectivity index (χ1) is 15.0. The topological polar surface area (TPSA) is 79.5 Å². The molecule has 0 spiro atoms. The van der Waals surface area contributed by atoms with Crippen molar-refractivity contribution >= 4 is 17.6 Å². The van der Waals surface area contributed by atoms with E-state index in [2.05, 4.69) is 40.2 Å². The van der Waals surface area contributed by atoms with Gasteiger partial charge in [-0.1, -0.05) is 55.8 Å². The molecule has 0 radical (unpaired) electrons. The number of nitrogens with zero attached hydrogens (tertiary/aromatic N) is 3. The molecule has 4 rings (SSSR count). The van der Waals surface area contributed by atoms with Gasteiger partial charge in [-0.25, -0.2) is 0 Å². The molecule has 2 heterocycles. The molecule has 1 fully saturated rings. The van der Waals surface area contributed by atoms with Gasteiger partial charge in [-0.2, -0.15) is 0 Å². The number of hydrogen-bond acceptors (Lipinski definition) is 5. The molecule has 2 aromatic carbocycles. The Morgan fingerprint density at radius 1 is 1.19 bits per heavy atom. The first-order valence-corrected chi connectivity index (χ1v) is 10.7. The SMILES string of the molecule is CCCC(=Cc1nnc(-c2ccc(CN3CC(C(=O)O)C3)cc2C)o1)c1ccccc1. The van der Waals surface area contributed by atoms with Crippen molar-refractivity contribution in [2.45, 2.75) is 33.2 Å². The average Bonchev–Trinajstić information content (AvgIpc) is 3.19. The zero-order valence-corrected chi connectivity index (χ0v) is 17.9. The summed E-state index contributed by atoms with van der Waals surface area (Å²) in [6.07, 6.45) is 3.95. The van der Waals surface area contributed by atoms with Crippen LogP contribution in [0.4, 0.5) is 0 Å². The molecule has 31 heavy (non-hydrogen) atoms. The van der Waals surface area contributed by atoms with Gasteiger partial charge in [0.25, 0.3) is 0 Å². The van der Waals surface area contributed by atoms with Gasteiger partial charge in [-0.3, -0.25) is 9.69 Å². The second kappa shape index (κ2) is 9.27. The van der Waals surface area contributed by atoms with Crippen LogP contribution >= 0.6 is 0 Å². The van der Waals surface area contributed by atoms with E-state index in [-0.39, 0.29) is 5.92 Å². The fourth-order valence-electron chi connectivity index (χ4n) is 3.95. The van der Waals surface area contributed by atoms with Gasteiger partial charge in [0, 0.05) is 31.3 Å². The number of benzene rings is 2. The van der Waals surface area contributed by atoms with E-state index in [4.69, 9.17) is 9.52 Å². The van der Waals surface area contributed by atoms with Gasteiger partial charge in [-0.05, 0) is 41.7 Å². The summed E-state index contributed by atoms with van der Waals surface area (Å²) < 4.78 is 5.97. The van der Waals surface area contributed by atoms with Gasteiger partial charge in [0.1, 0.15) is 0 Å². The van der Waals surface area contributed by atoms with Crippen molar-refractivity contribution in [3.63, 3.8) is 0 Å². The molecule has 6 heteroatoms. The minimum Gasteiger partial charge on any atom is -0.481 e. The second-order valence-electron chi connectivity index (χ2n) is 8.11. The molecule has 160 valence electrons. The summed E-state index contributed by atoms with van der Waals surface area (Å²) in [5.74, 6) is 0.0669. The number of rotatable bonds is 8. The molecular weight excluding hydrogens is 390 g/mol. The van der Waals surface area contributed by atoms with E-state index in [0.717, 1.165) is 36.1 Å². The van der Waals surface area contributed by atoms with Crippen molar-refractivity contribution in [3.05, 3.63) is 71.1 Å². The van der Waals surface area contributed by atoms with Crippen LogP contribution in [0, 0.1) is 12.8 Å². The Bertz CT molecular complexity index is 1080. The summed E-state index contributed by atoms with van der Waals surface area (Å²) in [5.41, 5.74) is 5.47. The predicted molar refractivity (Wildman–Crippen MR) is 120 cm³/mol. The number of likely N-dealkylation sites (tertiary alicyclic amines) is 1. The highest BCUT2D eigenvalue weighted by Gasteiger charge is 2.32. The monoisotopic (exact) mass is 417 g/mol. The lowest BCUT2D eigenvalue weighted by Crippen LogP contribution is -2.49. The lowest BCUT2D eigenvalue weighted by Gasteiger charge is -2.36. The fourth-order valence-corrected chi connectivity index (χ4v) is 3.95. The third-order valence-corrected chi connectivity index (χ3v) is 5.64. The maximum atomic E-state index is 11.0. The minimum atomic E-state index is -0.710. The molecule has 1 aromatic heterocycles. The number of hydrogen-bond donors (Lipinski definition) is 1. The van der Waals surface area contributed by atoms with Crippen molar-refractivity contribution < 1.29 is 14.3 Å². The highest BCUT2D eigenvalue weighted by molar-refractivity contribution is 5.79. The van der Waals surface area contributed by atoms with E-state index < -0.39 is 5.97 Å². The Morgan fingerprint density at radius 2 is 1.97 bits per heavy atom. The van der Waals surface area contributed by atoms with Crippen LogP contribution in [0.1, 0.15) is 42.3 Å². The van der Waals surface area contributed by atoms with Gasteiger partial charge in [0.2, 0.25) is 11.8 Å². The van der Waals surface area contributed by atoms with E-state index in [1.807, 2.05) is 43.3 Å². The summed E-state index contributed by atoms with van der Waals surface area (Å²) >= 11 is 0. The zero-order valence-electron chi connectivity index (χ0n) is 17.9. The van der Waals surface area contributed by atoms with Crippen molar-refractivity contribution in [1.82, 2.24) is 15.1 Å². The third-order valence-electron chi connectivity index (χ3n) is 5.64. The van der Waals surface area contributed by atoms with Crippen molar-refractivity contribution in [2.75, 3.05) is 13.1 Å². The molecule has 1 N–H and O–H groups in total. The molecule has 0 unspecified atom stereocenters. The van der Waals surface area contributed by atoms with Crippen LogP contribution < -0.4 is 0 Å². The van der Waals surface area contributed by atoms with Crippen LogP contribution in [-0.2, 0) is 11.3 Å². The van der Waals surface area contributed by atoms with Crippen LogP contribution in [0.15, 0.2) is 52.9 Å². The van der Waals surface area contributed by atoms with E-state index in [9.17, 15) is 4.79 Å². The summed E-state index contributed by atoms with van der Waals surface area (Å²) in [7, 11) is 0. The number of carboxylic acid groups (broad SMARTS) is 1. The molecule has 1 aliphatic rings. The Hall–Kier alpha value is -3.25. The number of allylic oxidation sites excluding steroid dienone is 1. The Balaban J connectivity index is 1.49. The standard InChI is InChI=1S/C25H27N3O3/c1-3-7-20(19-8-5-4-6-9-19)13-23-26-27-24(31-23)22-11-10-18(12-17(22)2)14-28-15-21(16-28)25(29)30/h4-6,8-13,21H,3,7,14-16H2,1-2H3,(H,29,30). The molecule has 6 nitrogen and oxygen atoms in total. The largest absolute Gasteiger partial charge is 0.481 e. The Labute approximate surface area is 182 Å². The summed E-state index contributed by atoms with van der Waals surface area (Å²) in [4.78, 5) is 13.1. The summed E-state index contributed by atoms with van der Waals surface area (Å²) in [5, 5.41) is 17.5. The maximum Gasteiger partial charge on any atom is 0.309 e. The van der Waals surface area contributed by atoms with E-state index in [1.54, 1.807) is 0 Å². The molecule has 0 bridgehead atoms. The lowest BCUT2D eigenvalue weighted by atomic mass is 9.98. The Kier molecular flexibility index (Phi) is 6.28. The first-order valence-electron chi connectivity index (χ1n) is 10.7. The average molecular weight is 418 g/mol. The molecular formula is C25H27N3O3. The highest BCUT2D eigenvalue weighted by Crippen LogP contribution is 2.27. The minimum absolute atomic E-state index is 0.237. The number of carboxylic acids is 1. The maximum absolute atomic E-state index is 11.0. The number of aryl methyl sites for hydroxylation is 1. The van der Waals surface area contributed by atoms with Crippen LogP contribution in [0.3, 0.4) is 0 Å². The van der Waals surface area contributed by atoms with Gasteiger partial charge in [0.05, 0.1) is 5.92 Å². The molecule has 3 aromatic rings. The molecule has 0 aliphatic carbocycles. The van der Waals surface area contributed by atoms with Gasteiger partial charge < -0.3 is 9.52 Å². The molecule has 1 saturated heterocycles. The second-order valence-corrected chi connectivity index (χ2v) is 8.11. The van der Waals surface area contributed by atoms with Gasteiger partial charge in [0.15, 0.2) is 0 Å². The molecule has 0 saturated carbocycles. The molecule has 0 amide bonds. The van der Waals surface area contributed by atoms with Crippen molar-refractivity contribution in [1.29, 1.82) is 0 Å². The van der Waals surface area contributed by atoms with Crippen LogP contribution in [-0.4, -0.2) is 39.3 Å². The Morgan fingerprint density at radius 3 is 2.65 bits per heavy atom. The van der Waals surface area contributed by atoms with Gasteiger partial charge in [-0.15, -0.1) is 10.2 Å². The smallest absolute Gasteiger partial charge is 0.309 e. The third kappa shape index (κ3) is 4.91. The quantitative estimate of drug-likeness (QED) is 0.561. The summed E-state index contributed by atoms with van der Waals surface area (Å²) in [6, 6.07) is 16.4. The molecule has 0 atom stereocenters. The van der Waals surface area contributed by atoms with E-state index in [1.165, 1.54) is 11.1 Å². The fraction of sp³-hybridized carbons (Fsp3) is 0.320. The van der Waals surface area contributed by atoms with Crippen molar-refractivity contribution in [3.8, 4) is 11.5 Å². The van der Waals surface area contributed by atoms with E-state index in [0.29, 0.717) is 24.9 Å². The van der Waals surface area contributed by atoms with Crippen LogP contribution in [0.25, 0.3) is 23.1 Å². The van der Waals surface area contributed by atoms with Crippen LogP contribution in [0.5, 0.6) is 0 Å². The highest BCUT2D eigenvalue weighted by atomic mass is 16.4. The van der Waals surface area contributed by atoms with Crippen LogP contribution in [0.2, 0.25) is 0 Å².